The van der Waals surface area contributed by atoms with Crippen molar-refractivity contribution in [2.75, 3.05) is 20.0 Å². The van der Waals surface area contributed by atoms with E-state index < -0.39 is 5.97 Å². The molecule has 0 unspecified atom stereocenters. The maximum atomic E-state index is 11.0. The van der Waals surface area contributed by atoms with Crippen LogP contribution in [0.5, 0.6) is 11.5 Å². The predicted molar refractivity (Wildman–Crippen MR) is 72.0 cm³/mol. The van der Waals surface area contributed by atoms with Crippen LogP contribution in [0.2, 0.25) is 0 Å². The van der Waals surface area contributed by atoms with E-state index in [1.165, 1.54) is 7.11 Å². The molecule has 2 rings (SSSR count). The molecule has 0 saturated heterocycles. The SMILES string of the molecule is COc1ccc(OC)c(-c2nc(C(=O)O)c(N)s2)c1. The lowest BCUT2D eigenvalue weighted by Gasteiger charge is -2.07. The van der Waals surface area contributed by atoms with Gasteiger partial charge in [-0.15, -0.1) is 0 Å². The number of hydrogen-bond donors (Lipinski definition) is 2. The molecule has 19 heavy (non-hydrogen) atoms. The fourth-order valence-corrected chi connectivity index (χ4v) is 2.43. The van der Waals surface area contributed by atoms with Gasteiger partial charge in [0.25, 0.3) is 0 Å². The first-order valence-corrected chi connectivity index (χ1v) is 6.10. The lowest BCUT2D eigenvalue weighted by atomic mass is 10.2. The molecule has 100 valence electrons. The monoisotopic (exact) mass is 280 g/mol. The maximum absolute atomic E-state index is 11.0. The highest BCUT2D eigenvalue weighted by Gasteiger charge is 2.18. The van der Waals surface area contributed by atoms with Crippen LogP contribution in [-0.4, -0.2) is 30.3 Å². The third-order valence-corrected chi connectivity index (χ3v) is 3.41. The highest BCUT2D eigenvalue weighted by Crippen LogP contribution is 2.37. The Balaban J connectivity index is 2.57. The van der Waals surface area contributed by atoms with Crippen molar-refractivity contribution in [2.24, 2.45) is 0 Å². The molecule has 6 nitrogen and oxygen atoms in total. The summed E-state index contributed by atoms with van der Waals surface area (Å²) in [6.07, 6.45) is 0. The van der Waals surface area contributed by atoms with Gasteiger partial charge in [0.2, 0.25) is 0 Å². The minimum Gasteiger partial charge on any atom is -0.497 e. The Kier molecular flexibility index (Phi) is 3.57. The van der Waals surface area contributed by atoms with Gasteiger partial charge >= 0.3 is 5.97 Å². The number of aromatic nitrogens is 1. The van der Waals surface area contributed by atoms with Crippen LogP contribution in [0.4, 0.5) is 5.00 Å². The molecule has 3 N–H and O–H groups in total. The topological polar surface area (TPSA) is 94.7 Å². The second kappa shape index (κ2) is 5.15. The Bertz CT molecular complexity index is 624. The van der Waals surface area contributed by atoms with E-state index in [0.717, 1.165) is 11.3 Å². The third kappa shape index (κ3) is 2.45. The minimum atomic E-state index is -1.15. The predicted octanol–water partition coefficient (Wildman–Crippen LogP) is 2.11. The van der Waals surface area contributed by atoms with Crippen molar-refractivity contribution in [3.63, 3.8) is 0 Å². The van der Waals surface area contributed by atoms with Crippen molar-refractivity contribution < 1.29 is 19.4 Å². The molecule has 7 heteroatoms. The number of carboxylic acids is 1. The lowest BCUT2D eigenvalue weighted by Crippen LogP contribution is -2.00. The summed E-state index contributed by atoms with van der Waals surface area (Å²) in [7, 11) is 3.07. The van der Waals surface area contributed by atoms with Crippen LogP contribution in [0.25, 0.3) is 10.6 Å². The van der Waals surface area contributed by atoms with Crippen molar-refractivity contribution in [3.8, 4) is 22.1 Å². The average Bonchev–Trinajstić information content (AvgIpc) is 2.80. The Morgan fingerprint density at radius 1 is 1.37 bits per heavy atom. The second-order valence-electron chi connectivity index (χ2n) is 3.60. The molecule has 0 amide bonds. The molecule has 0 saturated carbocycles. The van der Waals surface area contributed by atoms with Gasteiger partial charge in [0.1, 0.15) is 21.5 Å². The van der Waals surface area contributed by atoms with E-state index in [9.17, 15) is 4.79 Å². The number of hydrogen-bond acceptors (Lipinski definition) is 6. The number of nitrogen functional groups attached to an aromatic ring is 1. The smallest absolute Gasteiger partial charge is 0.357 e. The number of rotatable bonds is 4. The number of benzene rings is 1. The normalized spacial score (nSPS) is 10.2. The summed E-state index contributed by atoms with van der Waals surface area (Å²) < 4.78 is 10.4. The zero-order valence-electron chi connectivity index (χ0n) is 10.3. The van der Waals surface area contributed by atoms with Crippen LogP contribution in [0.3, 0.4) is 0 Å². The fourth-order valence-electron chi connectivity index (χ4n) is 1.58. The van der Waals surface area contributed by atoms with Crippen LogP contribution in [0.1, 0.15) is 10.5 Å². The van der Waals surface area contributed by atoms with Gasteiger partial charge in [0, 0.05) is 0 Å². The molecule has 0 aliphatic rings. The third-order valence-electron chi connectivity index (χ3n) is 2.49. The van der Waals surface area contributed by atoms with E-state index in [4.69, 9.17) is 20.3 Å². The van der Waals surface area contributed by atoms with Gasteiger partial charge in [0.05, 0.1) is 19.8 Å². The standard InChI is InChI=1S/C12H12N2O4S/c1-17-6-3-4-8(18-2)7(5-6)11-14-9(12(15)16)10(13)19-11/h3-5H,13H2,1-2H3,(H,15,16). The van der Waals surface area contributed by atoms with E-state index in [1.807, 2.05) is 0 Å². The summed E-state index contributed by atoms with van der Waals surface area (Å²) in [5, 5.41) is 9.60. The van der Waals surface area contributed by atoms with E-state index in [0.29, 0.717) is 22.1 Å². The zero-order chi connectivity index (χ0) is 14.0. The second-order valence-corrected chi connectivity index (χ2v) is 4.63. The Morgan fingerprint density at radius 3 is 2.63 bits per heavy atom. The van der Waals surface area contributed by atoms with E-state index in [-0.39, 0.29) is 10.7 Å². The summed E-state index contributed by atoms with van der Waals surface area (Å²) >= 11 is 1.09. The molecule has 1 aromatic carbocycles. The molecule has 1 heterocycles. The number of aromatic carboxylic acids is 1. The van der Waals surface area contributed by atoms with Gasteiger partial charge in [-0.3, -0.25) is 0 Å². The first kappa shape index (κ1) is 13.2. The molecule has 0 spiro atoms. The highest BCUT2D eigenvalue weighted by atomic mass is 32.1. The van der Waals surface area contributed by atoms with Crippen LogP contribution in [0.15, 0.2) is 18.2 Å². The summed E-state index contributed by atoms with van der Waals surface area (Å²) in [5.74, 6) is 0.0507. The van der Waals surface area contributed by atoms with Crippen molar-refractivity contribution in [3.05, 3.63) is 23.9 Å². The van der Waals surface area contributed by atoms with Crippen LogP contribution < -0.4 is 15.2 Å². The van der Waals surface area contributed by atoms with Gasteiger partial charge in [-0.2, -0.15) is 0 Å². The molecule has 0 aliphatic carbocycles. The van der Waals surface area contributed by atoms with E-state index in [1.54, 1.807) is 25.3 Å². The molecule has 0 fully saturated rings. The molecular formula is C12H12N2O4S. The van der Waals surface area contributed by atoms with Crippen molar-refractivity contribution >= 4 is 22.3 Å². The van der Waals surface area contributed by atoms with Crippen molar-refractivity contribution in [1.82, 2.24) is 4.98 Å². The number of ether oxygens (including phenoxy) is 2. The number of thiazole rings is 1. The Labute approximate surface area is 113 Å². The van der Waals surface area contributed by atoms with Crippen LogP contribution >= 0.6 is 11.3 Å². The number of nitrogens with two attached hydrogens (primary N) is 1. The quantitative estimate of drug-likeness (QED) is 0.890. The first-order valence-electron chi connectivity index (χ1n) is 5.28. The molecule has 0 radical (unpaired) electrons. The van der Waals surface area contributed by atoms with E-state index in [2.05, 4.69) is 4.98 Å². The summed E-state index contributed by atoms with van der Waals surface area (Å²) in [5.41, 5.74) is 6.14. The molecular weight excluding hydrogens is 268 g/mol. The fraction of sp³-hybridized carbons (Fsp3) is 0.167. The van der Waals surface area contributed by atoms with Crippen LogP contribution in [-0.2, 0) is 0 Å². The number of methoxy groups -OCH3 is 2. The number of carbonyl (C=O) groups is 1. The number of carboxylic acid groups (broad SMARTS) is 1. The number of anilines is 1. The molecule has 0 aliphatic heterocycles. The van der Waals surface area contributed by atoms with Crippen LogP contribution in [0, 0.1) is 0 Å². The highest BCUT2D eigenvalue weighted by molar-refractivity contribution is 7.19. The number of nitrogens with zero attached hydrogens (tertiary/aromatic N) is 1. The van der Waals surface area contributed by atoms with Gasteiger partial charge in [0.15, 0.2) is 5.69 Å². The average molecular weight is 280 g/mol. The largest absolute Gasteiger partial charge is 0.497 e. The Morgan fingerprint density at radius 2 is 2.11 bits per heavy atom. The maximum Gasteiger partial charge on any atom is 0.357 e. The van der Waals surface area contributed by atoms with Crippen molar-refractivity contribution in [1.29, 1.82) is 0 Å². The summed E-state index contributed by atoms with van der Waals surface area (Å²) in [6.45, 7) is 0. The molecule has 0 atom stereocenters. The molecule has 2 aromatic rings. The van der Waals surface area contributed by atoms with E-state index >= 15 is 0 Å². The van der Waals surface area contributed by atoms with Gasteiger partial charge in [-0.05, 0) is 18.2 Å². The first-order chi connectivity index (χ1) is 9.06. The molecule has 1 aromatic heterocycles. The van der Waals surface area contributed by atoms with Gasteiger partial charge in [-0.1, -0.05) is 11.3 Å². The summed E-state index contributed by atoms with van der Waals surface area (Å²) in [4.78, 5) is 15.0. The van der Waals surface area contributed by atoms with Gasteiger partial charge in [-0.25, -0.2) is 9.78 Å². The zero-order valence-corrected chi connectivity index (χ0v) is 11.2. The van der Waals surface area contributed by atoms with Crippen molar-refractivity contribution in [2.45, 2.75) is 0 Å². The summed E-state index contributed by atoms with van der Waals surface area (Å²) in [6, 6.07) is 5.20. The Hall–Kier alpha value is -2.28. The van der Waals surface area contributed by atoms with Gasteiger partial charge < -0.3 is 20.3 Å². The minimum absolute atomic E-state index is 0.148. The lowest BCUT2D eigenvalue weighted by molar-refractivity contribution is 0.0692. The molecule has 0 bridgehead atoms.